The smallest absolute Gasteiger partial charge is 0.278 e. The molecular formula is C24H31N2O2Y-. The van der Waals surface area contributed by atoms with Crippen LogP contribution in [-0.4, -0.2) is 14.9 Å². The van der Waals surface area contributed by atoms with Crippen molar-refractivity contribution in [2.24, 2.45) is 0 Å². The Morgan fingerprint density at radius 1 is 0.966 bits per heavy atom. The van der Waals surface area contributed by atoms with E-state index < -0.39 is 0 Å². The standard InChI is InChI=1S/C21H22N2O2.C2H6.CH3.Y/c1-3-23-21(25)19(17-12-8-7-9-15(17)2)20(24)18(22-23)14-13-16-10-5-4-6-11-16;1-2;;/h4-12,24H,3,13-14H2,1-2H3;1-2H3;1H3;/q;;-1;. The van der Waals surface area contributed by atoms with Crippen LogP contribution in [0.5, 0.6) is 5.75 Å². The molecule has 1 aromatic heterocycles. The predicted octanol–water partition coefficient (Wildman–Crippen LogP) is 5.20. The van der Waals surface area contributed by atoms with Gasteiger partial charge in [0.1, 0.15) is 5.69 Å². The van der Waals surface area contributed by atoms with Crippen LogP contribution in [0.15, 0.2) is 59.4 Å². The van der Waals surface area contributed by atoms with E-state index in [1.807, 2.05) is 70.2 Å². The molecule has 0 saturated heterocycles. The molecule has 0 bridgehead atoms. The van der Waals surface area contributed by atoms with Crippen molar-refractivity contribution in [1.29, 1.82) is 0 Å². The maximum absolute atomic E-state index is 12.7. The summed E-state index contributed by atoms with van der Waals surface area (Å²) in [7, 11) is 0. The number of benzene rings is 2. The van der Waals surface area contributed by atoms with Gasteiger partial charge in [0.05, 0.1) is 5.56 Å². The van der Waals surface area contributed by atoms with Gasteiger partial charge in [-0.2, -0.15) is 5.10 Å². The van der Waals surface area contributed by atoms with Crippen LogP contribution in [0.25, 0.3) is 11.1 Å². The van der Waals surface area contributed by atoms with Crippen LogP contribution in [0.3, 0.4) is 0 Å². The third-order valence-corrected chi connectivity index (χ3v) is 4.41. The fourth-order valence-corrected chi connectivity index (χ4v) is 3.00. The van der Waals surface area contributed by atoms with Gasteiger partial charge in [0.15, 0.2) is 5.75 Å². The van der Waals surface area contributed by atoms with Crippen molar-refractivity contribution >= 4 is 0 Å². The Balaban J connectivity index is 0.00000190. The fraction of sp³-hybridized carbons (Fsp3) is 0.292. The summed E-state index contributed by atoms with van der Waals surface area (Å²) in [5.41, 5.74) is 3.54. The van der Waals surface area contributed by atoms with E-state index in [4.69, 9.17) is 0 Å². The van der Waals surface area contributed by atoms with E-state index in [1.54, 1.807) is 0 Å². The first-order valence-electron chi connectivity index (χ1n) is 9.54. The first-order chi connectivity index (χ1) is 13.1. The molecular weight excluding hydrogens is 437 g/mol. The summed E-state index contributed by atoms with van der Waals surface area (Å²) in [4.78, 5) is 12.7. The van der Waals surface area contributed by atoms with Gasteiger partial charge in [-0.05, 0) is 43.4 Å². The zero-order chi connectivity index (χ0) is 19.8. The van der Waals surface area contributed by atoms with Crippen molar-refractivity contribution in [3.63, 3.8) is 0 Å². The Morgan fingerprint density at radius 3 is 2.14 bits per heavy atom. The third kappa shape index (κ3) is 6.62. The normalized spacial score (nSPS) is 9.52. The van der Waals surface area contributed by atoms with E-state index in [0.717, 1.165) is 17.5 Å². The Kier molecular flexibility index (Phi) is 12.6. The molecule has 0 spiro atoms. The third-order valence-electron chi connectivity index (χ3n) is 4.41. The van der Waals surface area contributed by atoms with Crippen LogP contribution >= 0.6 is 0 Å². The molecule has 3 aromatic rings. The molecule has 29 heavy (non-hydrogen) atoms. The van der Waals surface area contributed by atoms with Crippen molar-refractivity contribution in [2.45, 2.75) is 47.1 Å². The molecule has 1 N–H and O–H groups in total. The molecule has 5 heteroatoms. The molecule has 1 heterocycles. The summed E-state index contributed by atoms with van der Waals surface area (Å²) < 4.78 is 1.43. The summed E-state index contributed by atoms with van der Waals surface area (Å²) in [5.74, 6) is -0.0000638. The Bertz CT molecular complexity index is 937. The van der Waals surface area contributed by atoms with Gasteiger partial charge in [0, 0.05) is 39.3 Å². The van der Waals surface area contributed by atoms with Gasteiger partial charge in [-0.15, -0.1) is 0 Å². The minimum Gasteiger partial charge on any atom is -0.505 e. The Labute approximate surface area is 199 Å². The summed E-state index contributed by atoms with van der Waals surface area (Å²) in [6.07, 6.45) is 1.34. The van der Waals surface area contributed by atoms with Gasteiger partial charge >= 0.3 is 0 Å². The van der Waals surface area contributed by atoms with Gasteiger partial charge < -0.3 is 12.5 Å². The average molecular weight is 468 g/mol. The summed E-state index contributed by atoms with van der Waals surface area (Å²) in [6, 6.07) is 17.7. The predicted molar refractivity (Wildman–Crippen MR) is 118 cm³/mol. The van der Waals surface area contributed by atoms with E-state index >= 15 is 0 Å². The minimum absolute atomic E-state index is 0. The molecule has 0 amide bonds. The first kappa shape index (κ1) is 27.2. The van der Waals surface area contributed by atoms with Crippen molar-refractivity contribution < 1.29 is 37.8 Å². The molecule has 0 aliphatic carbocycles. The molecule has 0 aliphatic rings. The van der Waals surface area contributed by atoms with Crippen LogP contribution < -0.4 is 5.56 Å². The zero-order valence-electron chi connectivity index (χ0n) is 18.1. The van der Waals surface area contributed by atoms with Crippen LogP contribution in [-0.2, 0) is 52.1 Å². The van der Waals surface area contributed by atoms with E-state index in [1.165, 1.54) is 10.2 Å². The Morgan fingerprint density at radius 2 is 1.55 bits per heavy atom. The molecule has 1 radical (unpaired) electrons. The Hall–Kier alpha value is -1.78. The van der Waals surface area contributed by atoms with Gasteiger partial charge in [-0.25, -0.2) is 4.68 Å². The topological polar surface area (TPSA) is 55.1 Å². The van der Waals surface area contributed by atoms with Gasteiger partial charge in [0.25, 0.3) is 5.56 Å². The van der Waals surface area contributed by atoms with E-state index in [9.17, 15) is 9.90 Å². The molecule has 4 nitrogen and oxygen atoms in total. The van der Waals surface area contributed by atoms with Crippen molar-refractivity contribution in [1.82, 2.24) is 9.78 Å². The maximum atomic E-state index is 12.7. The maximum Gasteiger partial charge on any atom is 0.278 e. The second kappa shape index (κ2) is 13.4. The van der Waals surface area contributed by atoms with Crippen LogP contribution in [0.1, 0.15) is 37.6 Å². The number of aromatic nitrogens is 2. The summed E-state index contributed by atoms with van der Waals surface area (Å²) in [6.45, 7) is 8.29. The number of aryl methyl sites for hydroxylation is 4. The van der Waals surface area contributed by atoms with E-state index in [0.29, 0.717) is 24.2 Å². The average Bonchev–Trinajstić information content (AvgIpc) is 2.71. The molecule has 0 aliphatic heterocycles. The van der Waals surface area contributed by atoms with E-state index in [-0.39, 0.29) is 51.4 Å². The summed E-state index contributed by atoms with van der Waals surface area (Å²) in [5, 5.41) is 15.1. The van der Waals surface area contributed by atoms with Crippen molar-refractivity contribution in [3.8, 4) is 16.9 Å². The monoisotopic (exact) mass is 468 g/mol. The number of hydrogen-bond donors (Lipinski definition) is 1. The quantitative estimate of drug-likeness (QED) is 0.524. The van der Waals surface area contributed by atoms with Crippen LogP contribution in [0.4, 0.5) is 0 Å². The number of aromatic hydroxyl groups is 1. The molecule has 2 aromatic carbocycles. The van der Waals surface area contributed by atoms with Gasteiger partial charge in [0.2, 0.25) is 0 Å². The molecule has 0 unspecified atom stereocenters. The molecule has 0 atom stereocenters. The molecule has 3 rings (SSSR count). The van der Waals surface area contributed by atoms with Crippen molar-refractivity contribution in [2.75, 3.05) is 0 Å². The van der Waals surface area contributed by atoms with Crippen molar-refractivity contribution in [3.05, 3.63) is 89.2 Å². The van der Waals surface area contributed by atoms with Crippen LogP contribution in [0.2, 0.25) is 0 Å². The molecule has 0 saturated carbocycles. The number of rotatable bonds is 5. The minimum atomic E-state index is -0.252. The first-order valence-corrected chi connectivity index (χ1v) is 9.54. The van der Waals surface area contributed by atoms with Gasteiger partial charge in [-0.1, -0.05) is 68.4 Å². The fourth-order valence-electron chi connectivity index (χ4n) is 3.00. The second-order valence-electron chi connectivity index (χ2n) is 6.09. The number of hydrogen-bond acceptors (Lipinski definition) is 3. The van der Waals surface area contributed by atoms with Crippen LogP contribution in [0, 0.1) is 14.4 Å². The SMILES string of the molecule is CC.CCn1nc(CCc2ccccc2)c(O)c(-c2ccccc2C)c1=O.[CH3-].[Y]. The van der Waals surface area contributed by atoms with E-state index in [2.05, 4.69) is 17.2 Å². The zero-order valence-corrected chi connectivity index (χ0v) is 21.0. The summed E-state index contributed by atoms with van der Waals surface area (Å²) >= 11 is 0. The van der Waals surface area contributed by atoms with Gasteiger partial charge in [-0.3, -0.25) is 4.79 Å². The number of nitrogens with zero attached hydrogens (tertiary/aromatic N) is 2. The molecule has 153 valence electrons. The largest absolute Gasteiger partial charge is 0.505 e. The molecule has 0 fully saturated rings. The second-order valence-corrected chi connectivity index (χ2v) is 6.09.